The monoisotopic (exact) mass is 315 g/mol. The highest BCUT2D eigenvalue weighted by Crippen LogP contribution is 2.43. The van der Waals surface area contributed by atoms with Crippen LogP contribution < -0.4 is 4.72 Å². The fraction of sp³-hybridized carbons (Fsp3) is 0.500. The second kappa shape index (κ2) is 5.73. The van der Waals surface area contributed by atoms with E-state index in [4.69, 9.17) is 5.11 Å². The van der Waals surface area contributed by atoms with Gasteiger partial charge in [-0.1, -0.05) is 12.5 Å². The van der Waals surface area contributed by atoms with E-state index in [1.54, 1.807) is 6.92 Å². The van der Waals surface area contributed by atoms with Gasteiger partial charge in [0.15, 0.2) is 0 Å². The standard InChI is InChI=1S/C14H18FNO4S/c1-10-3-4-11(15)7-12(10)21(19,20)16-9-14(5-2-6-14)8-13(17)18/h3-4,7,16H,2,5-6,8-9H2,1H3,(H,17,18). The minimum absolute atomic E-state index is 0.0579. The van der Waals surface area contributed by atoms with Crippen LogP contribution in [0.3, 0.4) is 0 Å². The van der Waals surface area contributed by atoms with Crippen LogP contribution in [0.4, 0.5) is 4.39 Å². The van der Waals surface area contributed by atoms with E-state index in [1.807, 2.05) is 0 Å². The molecule has 0 amide bonds. The molecule has 1 aromatic rings. The number of benzene rings is 1. The normalized spacial score (nSPS) is 17.2. The number of aliphatic carboxylic acids is 1. The van der Waals surface area contributed by atoms with Gasteiger partial charge in [-0.3, -0.25) is 4.79 Å². The number of hydrogen-bond acceptors (Lipinski definition) is 3. The van der Waals surface area contributed by atoms with Crippen LogP contribution in [-0.4, -0.2) is 26.0 Å². The number of aryl methyl sites for hydroxylation is 1. The lowest BCUT2D eigenvalue weighted by molar-refractivity contribution is -0.141. The topological polar surface area (TPSA) is 83.5 Å². The lowest BCUT2D eigenvalue weighted by Gasteiger charge is -2.40. The molecule has 1 aliphatic rings. The minimum Gasteiger partial charge on any atom is -0.481 e. The Balaban J connectivity index is 2.14. The number of halogens is 1. The zero-order valence-electron chi connectivity index (χ0n) is 11.7. The Morgan fingerprint density at radius 2 is 2.10 bits per heavy atom. The number of nitrogens with one attached hydrogen (secondary N) is 1. The van der Waals surface area contributed by atoms with Gasteiger partial charge in [-0.25, -0.2) is 17.5 Å². The van der Waals surface area contributed by atoms with Crippen molar-refractivity contribution in [2.45, 2.75) is 37.5 Å². The van der Waals surface area contributed by atoms with E-state index in [9.17, 15) is 17.6 Å². The lowest BCUT2D eigenvalue weighted by Crippen LogP contribution is -2.43. The molecule has 0 saturated heterocycles. The van der Waals surface area contributed by atoms with E-state index in [-0.39, 0.29) is 17.9 Å². The summed E-state index contributed by atoms with van der Waals surface area (Å²) in [4.78, 5) is 10.8. The Morgan fingerprint density at radius 3 is 2.62 bits per heavy atom. The molecule has 0 aromatic heterocycles. The van der Waals surface area contributed by atoms with Gasteiger partial charge in [0.2, 0.25) is 10.0 Å². The average molecular weight is 315 g/mol. The molecule has 0 spiro atoms. The summed E-state index contributed by atoms with van der Waals surface area (Å²) in [6.07, 6.45) is 2.21. The fourth-order valence-electron chi connectivity index (χ4n) is 2.60. The summed E-state index contributed by atoms with van der Waals surface area (Å²) >= 11 is 0. The largest absolute Gasteiger partial charge is 0.481 e. The zero-order valence-corrected chi connectivity index (χ0v) is 12.5. The van der Waals surface area contributed by atoms with Gasteiger partial charge in [0, 0.05) is 6.54 Å². The number of carbonyl (C=O) groups is 1. The molecule has 5 nitrogen and oxygen atoms in total. The number of hydrogen-bond donors (Lipinski definition) is 2. The number of rotatable bonds is 6. The van der Waals surface area contributed by atoms with Crippen molar-refractivity contribution >= 4 is 16.0 Å². The van der Waals surface area contributed by atoms with E-state index in [1.165, 1.54) is 12.1 Å². The third-order valence-corrected chi connectivity index (χ3v) is 5.56. The summed E-state index contributed by atoms with van der Waals surface area (Å²) in [5.74, 6) is -1.55. The van der Waals surface area contributed by atoms with E-state index >= 15 is 0 Å². The highest BCUT2D eigenvalue weighted by atomic mass is 32.2. The van der Waals surface area contributed by atoms with Gasteiger partial charge in [0.1, 0.15) is 5.82 Å². The van der Waals surface area contributed by atoms with Crippen LogP contribution in [0.15, 0.2) is 23.1 Å². The Labute approximate surface area is 123 Å². The predicted molar refractivity (Wildman–Crippen MR) is 74.9 cm³/mol. The molecule has 0 unspecified atom stereocenters. The molecular formula is C14H18FNO4S. The van der Waals surface area contributed by atoms with Crippen LogP contribution >= 0.6 is 0 Å². The van der Waals surface area contributed by atoms with Crippen LogP contribution in [0.25, 0.3) is 0 Å². The first kappa shape index (κ1) is 15.9. The van der Waals surface area contributed by atoms with Crippen molar-refractivity contribution in [3.63, 3.8) is 0 Å². The van der Waals surface area contributed by atoms with Crippen LogP contribution in [-0.2, 0) is 14.8 Å². The smallest absolute Gasteiger partial charge is 0.303 e. The van der Waals surface area contributed by atoms with Gasteiger partial charge in [-0.05, 0) is 42.9 Å². The highest BCUT2D eigenvalue weighted by Gasteiger charge is 2.40. The number of sulfonamides is 1. The Hall–Kier alpha value is -1.47. The van der Waals surface area contributed by atoms with Gasteiger partial charge in [0.25, 0.3) is 0 Å². The fourth-order valence-corrected chi connectivity index (χ4v) is 4.01. The number of carboxylic acids is 1. The first-order chi connectivity index (χ1) is 9.74. The average Bonchev–Trinajstić information content (AvgIpc) is 2.35. The molecule has 0 radical (unpaired) electrons. The van der Waals surface area contributed by atoms with E-state index < -0.39 is 27.2 Å². The van der Waals surface area contributed by atoms with Gasteiger partial charge >= 0.3 is 5.97 Å². The van der Waals surface area contributed by atoms with Crippen molar-refractivity contribution in [3.8, 4) is 0 Å². The minimum atomic E-state index is -3.84. The molecule has 2 rings (SSSR count). The molecule has 0 bridgehead atoms. The van der Waals surface area contributed by atoms with Gasteiger partial charge in [0.05, 0.1) is 11.3 Å². The first-order valence-corrected chi connectivity index (χ1v) is 8.20. The van der Waals surface area contributed by atoms with E-state index in [0.717, 1.165) is 12.5 Å². The third kappa shape index (κ3) is 3.59. The van der Waals surface area contributed by atoms with Gasteiger partial charge in [-0.2, -0.15) is 0 Å². The van der Waals surface area contributed by atoms with Crippen molar-refractivity contribution in [1.29, 1.82) is 0 Å². The Bertz CT molecular complexity index is 653. The molecular weight excluding hydrogens is 297 g/mol. The van der Waals surface area contributed by atoms with Crippen molar-refractivity contribution in [1.82, 2.24) is 4.72 Å². The molecule has 1 aromatic carbocycles. The quantitative estimate of drug-likeness (QED) is 0.841. The summed E-state index contributed by atoms with van der Waals surface area (Å²) in [5.41, 5.74) is -0.0649. The molecule has 0 atom stereocenters. The Kier molecular flexibility index (Phi) is 4.34. The maximum Gasteiger partial charge on any atom is 0.303 e. The van der Waals surface area contributed by atoms with Crippen LogP contribution in [0.1, 0.15) is 31.2 Å². The number of carboxylic acid groups (broad SMARTS) is 1. The molecule has 0 aliphatic heterocycles. The molecule has 116 valence electrons. The maximum absolute atomic E-state index is 13.2. The molecule has 21 heavy (non-hydrogen) atoms. The van der Waals surface area contributed by atoms with E-state index in [2.05, 4.69) is 4.72 Å². The van der Waals surface area contributed by atoms with Crippen LogP contribution in [0, 0.1) is 18.2 Å². The molecule has 1 fully saturated rings. The predicted octanol–water partition coefficient (Wildman–Crippen LogP) is 2.06. The molecule has 1 saturated carbocycles. The molecule has 1 aliphatic carbocycles. The molecule has 0 heterocycles. The van der Waals surface area contributed by atoms with Crippen LogP contribution in [0.5, 0.6) is 0 Å². The summed E-state index contributed by atoms with van der Waals surface area (Å²) in [6, 6.07) is 3.58. The second-order valence-corrected chi connectivity index (χ2v) is 7.39. The van der Waals surface area contributed by atoms with Crippen molar-refractivity contribution in [2.24, 2.45) is 5.41 Å². The van der Waals surface area contributed by atoms with Crippen molar-refractivity contribution in [2.75, 3.05) is 6.54 Å². The summed E-state index contributed by atoms with van der Waals surface area (Å²) in [7, 11) is -3.84. The van der Waals surface area contributed by atoms with Crippen LogP contribution in [0.2, 0.25) is 0 Å². The summed E-state index contributed by atoms with van der Waals surface area (Å²) in [5, 5.41) is 8.91. The van der Waals surface area contributed by atoms with E-state index in [0.29, 0.717) is 18.4 Å². The highest BCUT2D eigenvalue weighted by molar-refractivity contribution is 7.89. The van der Waals surface area contributed by atoms with Crippen molar-refractivity contribution < 1.29 is 22.7 Å². The zero-order chi connectivity index (χ0) is 15.7. The Morgan fingerprint density at radius 1 is 1.43 bits per heavy atom. The SMILES string of the molecule is Cc1ccc(F)cc1S(=O)(=O)NCC1(CC(=O)O)CCC1. The summed E-state index contributed by atoms with van der Waals surface area (Å²) < 4.78 is 40.2. The molecule has 2 N–H and O–H groups in total. The first-order valence-electron chi connectivity index (χ1n) is 6.72. The molecule has 7 heteroatoms. The second-order valence-electron chi connectivity index (χ2n) is 5.66. The maximum atomic E-state index is 13.2. The summed E-state index contributed by atoms with van der Waals surface area (Å²) in [6.45, 7) is 1.65. The lowest BCUT2D eigenvalue weighted by atomic mass is 9.67. The van der Waals surface area contributed by atoms with Gasteiger partial charge < -0.3 is 5.11 Å². The van der Waals surface area contributed by atoms with Gasteiger partial charge in [-0.15, -0.1) is 0 Å². The van der Waals surface area contributed by atoms with Crippen molar-refractivity contribution in [3.05, 3.63) is 29.6 Å². The third-order valence-electron chi connectivity index (χ3n) is 4.02.